The van der Waals surface area contributed by atoms with Gasteiger partial charge >= 0.3 is 6.18 Å². The Kier molecular flexibility index (Phi) is 12.7. The first-order chi connectivity index (χ1) is 21.8. The Bertz CT molecular complexity index is 1570. The van der Waals surface area contributed by atoms with Crippen molar-refractivity contribution in [1.29, 1.82) is 10.7 Å². The lowest BCUT2D eigenvalue weighted by molar-refractivity contribution is -0.137. The van der Waals surface area contributed by atoms with Crippen LogP contribution in [0.25, 0.3) is 0 Å². The van der Waals surface area contributed by atoms with Gasteiger partial charge in [-0.3, -0.25) is 4.79 Å². The molecule has 0 spiro atoms. The lowest BCUT2D eigenvalue weighted by Crippen LogP contribution is -2.36. The molecule has 1 saturated heterocycles. The Morgan fingerprint density at radius 2 is 1.87 bits per heavy atom. The van der Waals surface area contributed by atoms with Gasteiger partial charge in [0.15, 0.2) is 0 Å². The van der Waals surface area contributed by atoms with Gasteiger partial charge in [0.25, 0.3) is 0 Å². The summed E-state index contributed by atoms with van der Waals surface area (Å²) in [5, 5.41) is 20.6. The first kappa shape index (κ1) is 36.4. The number of carbonyl (C=O) groups excluding carboxylic acids is 1. The van der Waals surface area contributed by atoms with Crippen LogP contribution < -0.4 is 15.0 Å². The summed E-state index contributed by atoms with van der Waals surface area (Å²) >= 11 is 1.47. The largest absolute Gasteiger partial charge is 0.496 e. The molecule has 46 heavy (non-hydrogen) atoms. The summed E-state index contributed by atoms with van der Waals surface area (Å²) in [5.41, 5.74) is 1.68. The minimum absolute atomic E-state index is 0.125. The number of carbonyl (C=O) groups is 1. The number of amides is 1. The predicted octanol–water partition coefficient (Wildman–Crippen LogP) is 9.03. The number of unbranched alkanes of at least 4 members (excludes halogenated alkanes) is 1. The van der Waals surface area contributed by atoms with Crippen LogP contribution in [0.15, 0.2) is 69.8 Å². The number of thioether (sulfide) groups is 1. The van der Waals surface area contributed by atoms with Crippen LogP contribution in [0, 0.1) is 16.7 Å². The van der Waals surface area contributed by atoms with E-state index >= 15 is 0 Å². The second-order valence-corrected chi connectivity index (χ2v) is 12.4. The quantitative estimate of drug-likeness (QED) is 0.249. The molecule has 0 saturated carbocycles. The van der Waals surface area contributed by atoms with E-state index in [0.717, 1.165) is 29.0 Å². The molecular formula is C35H42F3N5O2S. The first-order valence-electron chi connectivity index (χ1n) is 15.5. The standard InChI is InChI=1S/C31H32F3N5O2S.C4H10/c1-6-8-24(36)29-17(3)18(4)37-30(38-29)22-14-21(11-12-26(22)41-5)42-27-15-28(40)39(25(27)7-2)20-10-9-19(16-35)23(13-20)31(32,33)34;1-3-4-2/h9-14,25,27,36H,4,6-8,15H2,1-3,5H3,(H,37,38);3-4H2,1-2H3. The Morgan fingerprint density at radius 1 is 1.17 bits per heavy atom. The fourth-order valence-corrected chi connectivity index (χ4v) is 6.57. The number of allylic oxidation sites excluding steroid dienone is 2. The minimum Gasteiger partial charge on any atom is -0.496 e. The molecule has 7 nitrogen and oxygen atoms in total. The Hall–Kier alpha value is -4.04. The molecule has 2 heterocycles. The molecule has 2 aliphatic rings. The number of hydrogen-bond donors (Lipinski definition) is 2. The van der Waals surface area contributed by atoms with Gasteiger partial charge in [0.05, 0.1) is 41.3 Å². The number of nitrogens with zero attached hydrogens (tertiary/aromatic N) is 3. The molecule has 0 aromatic heterocycles. The van der Waals surface area contributed by atoms with Crippen LogP contribution in [-0.2, 0) is 11.0 Å². The van der Waals surface area contributed by atoms with Gasteiger partial charge in [-0.05, 0) is 61.7 Å². The number of rotatable bonds is 10. The second kappa shape index (κ2) is 16.0. The number of aliphatic imine (C=N–C) groups is 1. The summed E-state index contributed by atoms with van der Waals surface area (Å²) in [7, 11) is 1.55. The van der Waals surface area contributed by atoms with Gasteiger partial charge in [-0.1, -0.05) is 53.5 Å². The van der Waals surface area contributed by atoms with Crippen molar-refractivity contribution >= 4 is 34.9 Å². The minimum atomic E-state index is -4.72. The van der Waals surface area contributed by atoms with Crippen LogP contribution in [-0.4, -0.2) is 35.9 Å². The molecule has 246 valence electrons. The molecule has 2 atom stereocenters. The van der Waals surface area contributed by atoms with Crippen LogP contribution in [0.2, 0.25) is 0 Å². The summed E-state index contributed by atoms with van der Waals surface area (Å²) in [6, 6.07) is 10.2. The van der Waals surface area contributed by atoms with E-state index in [1.165, 1.54) is 35.6 Å². The lowest BCUT2D eigenvalue weighted by Gasteiger charge is -2.28. The Balaban J connectivity index is 0.00000136. The summed E-state index contributed by atoms with van der Waals surface area (Å²) in [5.74, 6) is 0.780. The number of anilines is 1. The van der Waals surface area contributed by atoms with E-state index in [4.69, 9.17) is 20.4 Å². The summed E-state index contributed by atoms with van der Waals surface area (Å²) in [6.45, 7) is 14.2. The van der Waals surface area contributed by atoms with Crippen LogP contribution in [0.5, 0.6) is 5.75 Å². The fourth-order valence-electron chi connectivity index (χ4n) is 5.19. The van der Waals surface area contributed by atoms with Crippen LogP contribution in [0.1, 0.15) is 89.8 Å². The van der Waals surface area contributed by atoms with Crippen molar-refractivity contribution in [1.82, 2.24) is 5.32 Å². The van der Waals surface area contributed by atoms with Crippen LogP contribution >= 0.6 is 11.8 Å². The number of alkyl halides is 3. The highest BCUT2D eigenvalue weighted by Crippen LogP contribution is 2.42. The molecule has 11 heteroatoms. The van der Waals surface area contributed by atoms with Crippen LogP contribution in [0.4, 0.5) is 18.9 Å². The zero-order valence-electron chi connectivity index (χ0n) is 27.3. The molecule has 1 amide bonds. The number of methoxy groups -OCH3 is 1. The lowest BCUT2D eigenvalue weighted by atomic mass is 10.0. The van der Waals surface area contributed by atoms with Crippen molar-refractivity contribution in [2.45, 2.75) is 95.5 Å². The molecule has 0 bridgehead atoms. The van der Waals surface area contributed by atoms with E-state index in [0.29, 0.717) is 47.1 Å². The molecule has 0 aliphatic carbocycles. The molecule has 2 aliphatic heterocycles. The van der Waals surface area contributed by atoms with Gasteiger partial charge in [0, 0.05) is 34.0 Å². The van der Waals surface area contributed by atoms with E-state index in [2.05, 4.69) is 25.7 Å². The number of ether oxygens (including phenoxy) is 1. The van der Waals surface area contributed by atoms with Gasteiger partial charge in [-0.25, -0.2) is 4.99 Å². The number of nitriles is 1. The number of halogens is 3. The normalized spacial score (nSPS) is 18.0. The molecular weight excluding hydrogens is 611 g/mol. The highest BCUT2D eigenvalue weighted by atomic mass is 32.2. The highest BCUT2D eigenvalue weighted by Gasteiger charge is 2.42. The van der Waals surface area contributed by atoms with E-state index in [9.17, 15) is 18.0 Å². The smallest absolute Gasteiger partial charge is 0.417 e. The van der Waals surface area contributed by atoms with E-state index in [1.54, 1.807) is 19.2 Å². The number of amidine groups is 1. The van der Waals surface area contributed by atoms with E-state index in [1.807, 2.05) is 32.9 Å². The van der Waals surface area contributed by atoms with Crippen molar-refractivity contribution in [3.63, 3.8) is 0 Å². The molecule has 1 fully saturated rings. The first-order valence-corrected chi connectivity index (χ1v) is 16.3. The molecule has 4 rings (SSSR count). The van der Waals surface area contributed by atoms with Crippen molar-refractivity contribution in [3.8, 4) is 11.8 Å². The molecule has 2 aromatic carbocycles. The van der Waals surface area contributed by atoms with E-state index in [-0.39, 0.29) is 29.3 Å². The van der Waals surface area contributed by atoms with E-state index < -0.39 is 17.3 Å². The maximum Gasteiger partial charge on any atom is 0.417 e. The topological polar surface area (TPSA) is 102 Å². The monoisotopic (exact) mass is 653 g/mol. The molecule has 2 aromatic rings. The Labute approximate surface area is 274 Å². The van der Waals surface area contributed by atoms with Crippen LogP contribution in [0.3, 0.4) is 0 Å². The maximum absolute atomic E-state index is 13.6. The highest BCUT2D eigenvalue weighted by molar-refractivity contribution is 8.00. The van der Waals surface area contributed by atoms with Gasteiger partial charge in [-0.2, -0.15) is 18.4 Å². The number of hydrogen-bond acceptors (Lipinski definition) is 7. The van der Waals surface area contributed by atoms with Gasteiger partial charge in [0.2, 0.25) is 5.91 Å². The van der Waals surface area contributed by atoms with Gasteiger partial charge in [-0.15, -0.1) is 11.8 Å². The maximum atomic E-state index is 13.6. The fraction of sp³-hybridized carbons (Fsp3) is 0.429. The molecule has 2 N–H and O–H groups in total. The second-order valence-electron chi connectivity index (χ2n) is 11.1. The third-order valence-electron chi connectivity index (χ3n) is 7.83. The van der Waals surface area contributed by atoms with Crippen molar-refractivity contribution in [2.24, 2.45) is 4.99 Å². The Morgan fingerprint density at radius 3 is 2.43 bits per heavy atom. The zero-order valence-corrected chi connectivity index (χ0v) is 28.1. The summed E-state index contributed by atoms with van der Waals surface area (Å²) in [4.78, 5) is 20.2. The van der Waals surface area contributed by atoms with Gasteiger partial charge < -0.3 is 20.4 Å². The summed E-state index contributed by atoms with van der Waals surface area (Å²) < 4.78 is 46.5. The number of nitrogens with one attached hydrogen (secondary N) is 2. The van der Waals surface area contributed by atoms with Gasteiger partial charge in [0.1, 0.15) is 11.6 Å². The number of benzene rings is 2. The SMILES string of the molecule is C=C1NC(c2cc(SC3CC(=O)N(c4ccc(C#N)c(C(F)(F)F)c4)C3CC)ccc2OC)=NC(C(=N)CCC)=C1C.CCCC. The van der Waals surface area contributed by atoms with Crippen molar-refractivity contribution in [2.75, 3.05) is 12.0 Å². The zero-order chi connectivity index (χ0) is 34.2. The third kappa shape index (κ3) is 8.21. The summed E-state index contributed by atoms with van der Waals surface area (Å²) in [6.07, 6.45) is -0.0242. The average molecular weight is 654 g/mol. The molecule has 2 unspecified atom stereocenters. The van der Waals surface area contributed by atoms with Crippen molar-refractivity contribution in [3.05, 3.63) is 76.6 Å². The van der Waals surface area contributed by atoms with Crippen molar-refractivity contribution < 1.29 is 22.7 Å². The third-order valence-corrected chi connectivity index (χ3v) is 9.14. The molecule has 0 radical (unpaired) electrons. The average Bonchev–Trinajstić information content (AvgIpc) is 3.35. The predicted molar refractivity (Wildman–Crippen MR) is 180 cm³/mol.